The van der Waals surface area contributed by atoms with E-state index in [0.717, 1.165) is 27.7 Å². The number of hydrogen-bond acceptors (Lipinski definition) is 7. The number of fused-ring (bicyclic) bond motifs is 2. The molecule has 0 radical (unpaired) electrons. The molecule has 0 aliphatic carbocycles. The maximum Gasteiger partial charge on any atom is 0.175 e. The van der Waals surface area contributed by atoms with Gasteiger partial charge in [0.2, 0.25) is 0 Å². The number of hydrogen-bond donors (Lipinski definition) is 1. The van der Waals surface area contributed by atoms with Crippen LogP contribution in [0, 0.1) is 0 Å². The van der Waals surface area contributed by atoms with Crippen LogP contribution in [0.5, 0.6) is 0 Å². The molecule has 0 aliphatic heterocycles. The van der Waals surface area contributed by atoms with Crippen molar-refractivity contribution >= 4 is 49.2 Å². The predicted octanol–water partition coefficient (Wildman–Crippen LogP) is 3.98. The summed E-state index contributed by atoms with van der Waals surface area (Å²) in [5.74, 6) is 0.397. The van der Waals surface area contributed by atoms with E-state index < -0.39 is 9.84 Å². The smallest absolute Gasteiger partial charge is 0.175 e. The van der Waals surface area contributed by atoms with Crippen LogP contribution in [0.15, 0.2) is 53.7 Å². The molecule has 1 unspecified atom stereocenters. The summed E-state index contributed by atoms with van der Waals surface area (Å²) in [5, 5.41) is 11.9. The number of aromatic nitrogens is 6. The number of aryl methyl sites for hydroxylation is 1. The van der Waals surface area contributed by atoms with Crippen molar-refractivity contribution < 1.29 is 8.42 Å². The molecule has 3 heterocycles. The zero-order valence-corrected chi connectivity index (χ0v) is 20.3. The average molecular weight is 496 g/mol. The van der Waals surface area contributed by atoms with Crippen LogP contribution in [0.1, 0.15) is 31.3 Å². The van der Waals surface area contributed by atoms with Crippen molar-refractivity contribution in [3.8, 4) is 5.69 Å². The van der Waals surface area contributed by atoms with E-state index in [2.05, 4.69) is 9.97 Å². The molecular formula is C23H22ClN7O2S. The van der Waals surface area contributed by atoms with Gasteiger partial charge in [0.15, 0.2) is 15.5 Å². The molecule has 9 nitrogen and oxygen atoms in total. The number of nitrogen functional groups attached to an aromatic ring is 1. The fourth-order valence-electron chi connectivity index (χ4n) is 4.15. The van der Waals surface area contributed by atoms with Crippen LogP contribution in [0.4, 0.5) is 5.82 Å². The molecule has 11 heteroatoms. The lowest BCUT2D eigenvalue weighted by Gasteiger charge is -2.11. The van der Waals surface area contributed by atoms with E-state index in [-0.39, 0.29) is 10.9 Å². The SMILES string of the molecule is CCc1nn(C(C)c2nn(-c3ccc(S(C)(=O)=O)cc3)c3cc(Cl)ccc23)c2ncnc(N)c12. The molecule has 0 fully saturated rings. The van der Waals surface area contributed by atoms with E-state index in [1.165, 1.54) is 12.6 Å². The Morgan fingerprint density at radius 3 is 2.50 bits per heavy atom. The summed E-state index contributed by atoms with van der Waals surface area (Å²) in [4.78, 5) is 8.81. The van der Waals surface area contributed by atoms with Crippen molar-refractivity contribution in [2.24, 2.45) is 0 Å². The number of sulfone groups is 1. The average Bonchev–Trinajstić information content (AvgIpc) is 3.37. The molecule has 0 aliphatic rings. The Bertz CT molecular complexity index is 1660. The fourth-order valence-corrected chi connectivity index (χ4v) is 4.95. The van der Waals surface area contributed by atoms with Crippen LogP contribution < -0.4 is 5.73 Å². The molecule has 3 aromatic heterocycles. The van der Waals surface area contributed by atoms with E-state index in [0.29, 0.717) is 28.6 Å². The molecule has 2 aromatic carbocycles. The highest BCUT2D eigenvalue weighted by molar-refractivity contribution is 7.90. The third kappa shape index (κ3) is 3.59. The third-order valence-electron chi connectivity index (χ3n) is 5.87. The summed E-state index contributed by atoms with van der Waals surface area (Å²) >= 11 is 6.32. The maximum atomic E-state index is 11.9. The lowest BCUT2D eigenvalue weighted by atomic mass is 10.1. The Labute approximate surface area is 201 Å². The van der Waals surface area contributed by atoms with Gasteiger partial charge in [-0.2, -0.15) is 10.2 Å². The Hall–Kier alpha value is -3.50. The number of nitrogens with two attached hydrogens (primary N) is 1. The van der Waals surface area contributed by atoms with Crippen molar-refractivity contribution in [1.82, 2.24) is 29.5 Å². The summed E-state index contributed by atoms with van der Waals surface area (Å²) in [7, 11) is -3.30. The number of benzene rings is 2. The monoisotopic (exact) mass is 495 g/mol. The molecular weight excluding hydrogens is 474 g/mol. The van der Waals surface area contributed by atoms with E-state index in [9.17, 15) is 8.42 Å². The Kier molecular flexibility index (Phi) is 5.29. The normalized spacial score (nSPS) is 13.1. The second-order valence-electron chi connectivity index (χ2n) is 8.10. The lowest BCUT2D eigenvalue weighted by Crippen LogP contribution is -2.11. The van der Waals surface area contributed by atoms with Crippen molar-refractivity contribution in [1.29, 1.82) is 0 Å². The summed E-state index contributed by atoms with van der Waals surface area (Å²) in [6.07, 6.45) is 3.30. The van der Waals surface area contributed by atoms with Crippen molar-refractivity contribution in [2.45, 2.75) is 31.2 Å². The first-order valence-electron chi connectivity index (χ1n) is 10.6. The minimum atomic E-state index is -3.30. The van der Waals surface area contributed by atoms with Gasteiger partial charge in [-0.05, 0) is 55.8 Å². The van der Waals surface area contributed by atoms with Crippen LogP contribution in [-0.2, 0) is 16.3 Å². The zero-order valence-electron chi connectivity index (χ0n) is 18.8. The number of rotatable bonds is 5. The van der Waals surface area contributed by atoms with Crippen LogP contribution in [0.2, 0.25) is 5.02 Å². The van der Waals surface area contributed by atoms with Gasteiger partial charge in [0.1, 0.15) is 12.1 Å². The quantitative estimate of drug-likeness (QED) is 0.391. The van der Waals surface area contributed by atoms with Gasteiger partial charge >= 0.3 is 0 Å². The summed E-state index contributed by atoms with van der Waals surface area (Å²) < 4.78 is 27.3. The maximum absolute atomic E-state index is 11.9. The van der Waals surface area contributed by atoms with Gasteiger partial charge < -0.3 is 5.73 Å². The minimum Gasteiger partial charge on any atom is -0.383 e. The molecule has 0 bridgehead atoms. The van der Waals surface area contributed by atoms with Crippen LogP contribution in [0.25, 0.3) is 27.6 Å². The van der Waals surface area contributed by atoms with Gasteiger partial charge in [-0.25, -0.2) is 27.7 Å². The first-order chi connectivity index (χ1) is 16.2. The van der Waals surface area contributed by atoms with Crippen LogP contribution in [-0.4, -0.2) is 44.2 Å². The van der Waals surface area contributed by atoms with Gasteiger partial charge in [-0.3, -0.25) is 0 Å². The highest BCUT2D eigenvalue weighted by atomic mass is 35.5. The molecule has 0 saturated heterocycles. The first-order valence-corrected chi connectivity index (χ1v) is 12.9. The summed E-state index contributed by atoms with van der Waals surface area (Å²) in [6, 6.07) is 11.9. The molecule has 2 N–H and O–H groups in total. The van der Waals surface area contributed by atoms with E-state index in [1.54, 1.807) is 28.9 Å². The van der Waals surface area contributed by atoms with Gasteiger partial charge in [-0.1, -0.05) is 18.5 Å². The molecule has 174 valence electrons. The Balaban J connectivity index is 1.70. The van der Waals surface area contributed by atoms with E-state index >= 15 is 0 Å². The highest BCUT2D eigenvalue weighted by Crippen LogP contribution is 2.33. The molecule has 1 atom stereocenters. The zero-order chi connectivity index (χ0) is 24.2. The number of anilines is 1. The Morgan fingerprint density at radius 1 is 1.09 bits per heavy atom. The molecule has 0 amide bonds. The summed E-state index contributed by atoms with van der Waals surface area (Å²) in [5.41, 5.74) is 9.87. The molecule has 0 saturated carbocycles. The lowest BCUT2D eigenvalue weighted by molar-refractivity contribution is 0.556. The van der Waals surface area contributed by atoms with E-state index in [4.69, 9.17) is 27.5 Å². The molecule has 0 spiro atoms. The number of nitrogens with zero attached hydrogens (tertiary/aromatic N) is 6. The van der Waals surface area contributed by atoms with E-state index in [1.807, 2.05) is 36.7 Å². The standard InChI is InChI=1S/C23H22ClN7O2S/c1-4-18-20-22(25)26-12-27-23(20)30(28-18)13(2)21-17-10-5-14(24)11-19(17)31(29-21)15-6-8-16(9-7-15)34(3,32)33/h5-13H,4H2,1-3H3,(H2,25,26,27). The first kappa shape index (κ1) is 22.3. The van der Waals surface area contributed by atoms with Crippen LogP contribution >= 0.6 is 11.6 Å². The number of halogens is 1. The third-order valence-corrected chi connectivity index (χ3v) is 7.23. The van der Waals surface area contributed by atoms with Crippen molar-refractivity contribution in [3.05, 3.63) is 65.2 Å². The van der Waals surface area contributed by atoms with Gasteiger partial charge in [0.25, 0.3) is 0 Å². The second-order valence-corrected chi connectivity index (χ2v) is 10.6. The second kappa shape index (κ2) is 8.07. The molecule has 34 heavy (non-hydrogen) atoms. The Morgan fingerprint density at radius 2 is 1.82 bits per heavy atom. The molecule has 5 aromatic rings. The van der Waals surface area contributed by atoms with Crippen LogP contribution in [0.3, 0.4) is 0 Å². The van der Waals surface area contributed by atoms with Crippen molar-refractivity contribution in [3.63, 3.8) is 0 Å². The molecule has 5 rings (SSSR count). The van der Waals surface area contributed by atoms with Crippen molar-refractivity contribution in [2.75, 3.05) is 12.0 Å². The fraction of sp³-hybridized carbons (Fsp3) is 0.217. The highest BCUT2D eigenvalue weighted by Gasteiger charge is 2.24. The minimum absolute atomic E-state index is 0.242. The predicted molar refractivity (Wildman–Crippen MR) is 132 cm³/mol. The largest absolute Gasteiger partial charge is 0.383 e. The van der Waals surface area contributed by atoms with Gasteiger partial charge in [0, 0.05) is 16.7 Å². The topological polar surface area (TPSA) is 122 Å². The van der Waals surface area contributed by atoms with Gasteiger partial charge in [0.05, 0.1) is 38.9 Å². The summed E-state index contributed by atoms with van der Waals surface area (Å²) in [6.45, 7) is 4.01. The van der Waals surface area contributed by atoms with Gasteiger partial charge in [-0.15, -0.1) is 0 Å².